The summed E-state index contributed by atoms with van der Waals surface area (Å²) in [6.07, 6.45) is 4.30. The second-order valence-electron chi connectivity index (χ2n) is 6.04. The fourth-order valence-corrected chi connectivity index (χ4v) is 2.86. The highest BCUT2D eigenvalue weighted by molar-refractivity contribution is 7.80. The monoisotopic (exact) mass is 405 g/mol. The molecule has 2 amide bonds. The summed E-state index contributed by atoms with van der Waals surface area (Å²) < 4.78 is 5.11. The molecule has 1 aromatic heterocycles. The van der Waals surface area contributed by atoms with Gasteiger partial charge >= 0.3 is 0 Å². The molecule has 3 N–H and O–H groups in total. The number of hydrogen-bond donors (Lipinski definition) is 3. The summed E-state index contributed by atoms with van der Waals surface area (Å²) in [6, 6.07) is 22.3. The Balaban J connectivity index is 1.60. The van der Waals surface area contributed by atoms with E-state index in [2.05, 4.69) is 16.2 Å². The van der Waals surface area contributed by atoms with E-state index in [-0.39, 0.29) is 11.0 Å². The van der Waals surface area contributed by atoms with Crippen molar-refractivity contribution in [2.45, 2.75) is 5.92 Å². The fraction of sp³-hybridized carbons (Fsp3) is 0.0455. The molecule has 146 valence electrons. The third-order valence-electron chi connectivity index (χ3n) is 4.01. The molecule has 3 rings (SSSR count). The maximum absolute atomic E-state index is 12.8. The van der Waals surface area contributed by atoms with Crippen LogP contribution in [-0.2, 0) is 9.59 Å². The van der Waals surface area contributed by atoms with Crippen molar-refractivity contribution in [3.63, 3.8) is 0 Å². The Hall–Kier alpha value is -3.71. The van der Waals surface area contributed by atoms with Crippen LogP contribution in [0.25, 0.3) is 6.08 Å². The van der Waals surface area contributed by atoms with Crippen LogP contribution in [0, 0.1) is 0 Å². The standard InChI is InChI=1S/C22H19N3O3S/c26-19(14-13-18-12-7-15-28-18)23-22(29)25-24-21(27)20(16-8-3-1-4-9-16)17-10-5-2-6-11-17/h1-15,20H,(H,24,27)(H2,23,25,26,29). The molecule has 2 aromatic carbocycles. The van der Waals surface area contributed by atoms with E-state index < -0.39 is 11.8 Å². The second-order valence-corrected chi connectivity index (χ2v) is 6.44. The van der Waals surface area contributed by atoms with Gasteiger partial charge in [0, 0.05) is 6.08 Å². The smallest absolute Gasteiger partial charge is 0.250 e. The van der Waals surface area contributed by atoms with Crippen LogP contribution in [0.1, 0.15) is 22.8 Å². The number of rotatable bonds is 5. The Bertz CT molecular complexity index is 947. The van der Waals surface area contributed by atoms with Gasteiger partial charge < -0.3 is 4.42 Å². The summed E-state index contributed by atoms with van der Waals surface area (Å²) in [5.74, 6) is -0.732. The van der Waals surface area contributed by atoms with Gasteiger partial charge in [-0.25, -0.2) is 0 Å². The van der Waals surface area contributed by atoms with Crippen LogP contribution in [0.4, 0.5) is 0 Å². The van der Waals surface area contributed by atoms with E-state index in [1.165, 1.54) is 18.4 Å². The molecule has 0 unspecified atom stereocenters. The van der Waals surface area contributed by atoms with Crippen LogP contribution in [0.15, 0.2) is 89.6 Å². The molecule has 29 heavy (non-hydrogen) atoms. The van der Waals surface area contributed by atoms with Crippen molar-refractivity contribution in [3.8, 4) is 0 Å². The van der Waals surface area contributed by atoms with Crippen molar-refractivity contribution in [2.24, 2.45) is 0 Å². The molecule has 0 aliphatic rings. The van der Waals surface area contributed by atoms with Gasteiger partial charge in [0.15, 0.2) is 5.11 Å². The zero-order valence-corrected chi connectivity index (χ0v) is 16.2. The molecule has 1 heterocycles. The van der Waals surface area contributed by atoms with Crippen LogP contribution in [-0.4, -0.2) is 16.9 Å². The first kappa shape index (κ1) is 20.0. The van der Waals surface area contributed by atoms with E-state index in [0.717, 1.165) is 11.1 Å². The number of thiocarbonyl (C=S) groups is 1. The van der Waals surface area contributed by atoms with Crippen LogP contribution in [0.2, 0.25) is 0 Å². The average molecular weight is 405 g/mol. The highest BCUT2D eigenvalue weighted by Crippen LogP contribution is 2.24. The molecule has 0 aliphatic carbocycles. The Kier molecular flexibility index (Phi) is 6.91. The highest BCUT2D eigenvalue weighted by Gasteiger charge is 2.22. The zero-order valence-electron chi connectivity index (χ0n) is 15.4. The number of carbonyl (C=O) groups excluding carboxylic acids is 2. The molecule has 0 fully saturated rings. The minimum atomic E-state index is -0.526. The number of hydrazine groups is 1. The molecule has 0 aliphatic heterocycles. The van der Waals surface area contributed by atoms with E-state index >= 15 is 0 Å². The van der Waals surface area contributed by atoms with E-state index in [4.69, 9.17) is 16.6 Å². The first-order valence-corrected chi connectivity index (χ1v) is 9.26. The topological polar surface area (TPSA) is 83.4 Å². The number of furan rings is 1. The number of carbonyl (C=O) groups is 2. The van der Waals surface area contributed by atoms with Crippen molar-refractivity contribution < 1.29 is 14.0 Å². The summed E-state index contributed by atoms with van der Waals surface area (Å²) in [4.78, 5) is 24.7. The number of nitrogens with one attached hydrogen (secondary N) is 3. The normalized spacial score (nSPS) is 10.7. The van der Waals surface area contributed by atoms with Gasteiger partial charge in [-0.2, -0.15) is 0 Å². The lowest BCUT2D eigenvalue weighted by molar-refractivity contribution is -0.122. The van der Waals surface area contributed by atoms with Gasteiger partial charge in [-0.1, -0.05) is 60.7 Å². The predicted molar refractivity (Wildman–Crippen MR) is 114 cm³/mol. The second kappa shape index (κ2) is 10.0. The molecule has 0 atom stereocenters. The Labute approximate surface area is 173 Å². The quantitative estimate of drug-likeness (QED) is 0.345. The van der Waals surface area contributed by atoms with Crippen molar-refractivity contribution in [3.05, 3.63) is 102 Å². The third-order valence-corrected chi connectivity index (χ3v) is 4.21. The van der Waals surface area contributed by atoms with Crippen molar-refractivity contribution in [2.75, 3.05) is 0 Å². The number of hydrogen-bond acceptors (Lipinski definition) is 4. The predicted octanol–water partition coefficient (Wildman–Crippen LogP) is 3.15. The number of amides is 2. The van der Waals surface area contributed by atoms with Gasteiger partial charge in [-0.15, -0.1) is 0 Å². The largest absolute Gasteiger partial charge is 0.465 e. The van der Waals surface area contributed by atoms with Crippen molar-refractivity contribution >= 4 is 35.2 Å². The molecule has 3 aromatic rings. The maximum atomic E-state index is 12.8. The SMILES string of the molecule is O=C(C=Cc1ccco1)NC(=S)NNC(=O)C(c1ccccc1)c1ccccc1. The lowest BCUT2D eigenvalue weighted by atomic mass is 9.91. The number of benzene rings is 2. The molecule has 0 saturated carbocycles. The summed E-state index contributed by atoms with van der Waals surface area (Å²) in [5, 5.41) is 2.43. The molecular weight excluding hydrogens is 386 g/mol. The average Bonchev–Trinajstić information content (AvgIpc) is 3.26. The van der Waals surface area contributed by atoms with E-state index in [9.17, 15) is 9.59 Å². The van der Waals surface area contributed by atoms with Crippen LogP contribution < -0.4 is 16.2 Å². The van der Waals surface area contributed by atoms with E-state index in [1.54, 1.807) is 12.1 Å². The van der Waals surface area contributed by atoms with Gasteiger partial charge in [0.2, 0.25) is 11.8 Å². The molecule has 0 bridgehead atoms. The van der Waals surface area contributed by atoms with E-state index in [1.807, 2.05) is 60.7 Å². The Morgan fingerprint density at radius 3 is 2.03 bits per heavy atom. The summed E-state index contributed by atoms with van der Waals surface area (Å²) in [6.45, 7) is 0. The van der Waals surface area contributed by atoms with Gasteiger partial charge in [-0.3, -0.25) is 25.8 Å². The van der Waals surface area contributed by atoms with Crippen molar-refractivity contribution in [1.82, 2.24) is 16.2 Å². The van der Waals surface area contributed by atoms with Gasteiger partial charge in [0.05, 0.1) is 12.2 Å². The van der Waals surface area contributed by atoms with Gasteiger partial charge in [0.1, 0.15) is 5.76 Å². The molecular formula is C22H19N3O3S. The minimum absolute atomic E-state index is 0.0210. The maximum Gasteiger partial charge on any atom is 0.250 e. The lowest BCUT2D eigenvalue weighted by Crippen LogP contribution is -2.49. The zero-order chi connectivity index (χ0) is 20.5. The molecule has 6 nitrogen and oxygen atoms in total. The first-order chi connectivity index (χ1) is 14.1. The summed E-state index contributed by atoms with van der Waals surface area (Å²) in [7, 11) is 0. The van der Waals surface area contributed by atoms with Crippen molar-refractivity contribution in [1.29, 1.82) is 0 Å². The molecule has 0 radical (unpaired) electrons. The summed E-state index contributed by atoms with van der Waals surface area (Å²) in [5.41, 5.74) is 6.82. The molecule has 0 spiro atoms. The Morgan fingerprint density at radius 1 is 0.862 bits per heavy atom. The first-order valence-electron chi connectivity index (χ1n) is 8.86. The van der Waals surface area contributed by atoms with Gasteiger partial charge in [0.25, 0.3) is 0 Å². The Morgan fingerprint density at radius 2 is 1.48 bits per heavy atom. The third kappa shape index (κ3) is 5.88. The van der Waals surface area contributed by atoms with Crippen LogP contribution >= 0.6 is 12.2 Å². The molecule has 7 heteroatoms. The fourth-order valence-electron chi connectivity index (χ4n) is 2.71. The van der Waals surface area contributed by atoms with Gasteiger partial charge in [-0.05, 0) is 41.6 Å². The van der Waals surface area contributed by atoms with Crippen LogP contribution in [0.3, 0.4) is 0 Å². The lowest BCUT2D eigenvalue weighted by Gasteiger charge is -2.18. The minimum Gasteiger partial charge on any atom is -0.465 e. The summed E-state index contributed by atoms with van der Waals surface area (Å²) >= 11 is 5.07. The highest BCUT2D eigenvalue weighted by atomic mass is 32.1. The van der Waals surface area contributed by atoms with Crippen LogP contribution in [0.5, 0.6) is 0 Å². The molecule has 0 saturated heterocycles. The van der Waals surface area contributed by atoms with E-state index in [0.29, 0.717) is 5.76 Å².